The van der Waals surface area contributed by atoms with Crippen LogP contribution in [0.4, 0.5) is 5.69 Å². The van der Waals surface area contributed by atoms with Crippen molar-refractivity contribution >= 4 is 40.1 Å². The molecule has 0 atom stereocenters. The zero-order chi connectivity index (χ0) is 31.2. The van der Waals surface area contributed by atoms with Crippen molar-refractivity contribution in [1.29, 1.82) is 0 Å². The minimum Gasteiger partial charge on any atom is -0.482 e. The fourth-order valence-corrected chi connectivity index (χ4v) is 6.60. The van der Waals surface area contributed by atoms with Crippen molar-refractivity contribution in [1.82, 2.24) is 29.6 Å². The lowest BCUT2D eigenvalue weighted by molar-refractivity contribution is -0.121. The molecule has 2 fully saturated rings. The van der Waals surface area contributed by atoms with Gasteiger partial charge in [0.2, 0.25) is 0 Å². The first kappa shape index (κ1) is 29.6. The first-order chi connectivity index (χ1) is 21.8. The number of benzene rings is 1. The SMILES string of the molecule is CC(C)Cc1nc2c(cnn2C2CCN(C3COC3)CC2)c(-c2ccc3c(c2)OCC(=O)N3Cc2ncc(Cl)cn2)c1C(N)=O. The summed E-state index contributed by atoms with van der Waals surface area (Å²) in [6.07, 6.45) is 7.28. The predicted octanol–water partition coefficient (Wildman–Crippen LogP) is 3.80. The molecule has 3 aromatic heterocycles. The Balaban J connectivity index is 1.30. The van der Waals surface area contributed by atoms with Crippen molar-refractivity contribution in [3.8, 4) is 16.9 Å². The van der Waals surface area contributed by atoms with Gasteiger partial charge >= 0.3 is 0 Å². The molecule has 0 spiro atoms. The molecule has 4 aromatic rings. The molecule has 2 saturated heterocycles. The van der Waals surface area contributed by atoms with Gasteiger partial charge in [0.05, 0.1) is 60.0 Å². The summed E-state index contributed by atoms with van der Waals surface area (Å²) in [5.41, 5.74) is 9.85. The van der Waals surface area contributed by atoms with Crippen molar-refractivity contribution in [3.05, 3.63) is 58.9 Å². The van der Waals surface area contributed by atoms with Crippen LogP contribution in [0.15, 0.2) is 36.8 Å². The molecule has 12 nitrogen and oxygen atoms in total. The lowest BCUT2D eigenvalue weighted by Crippen LogP contribution is -2.51. The highest BCUT2D eigenvalue weighted by Crippen LogP contribution is 2.41. The molecule has 0 bridgehead atoms. The smallest absolute Gasteiger partial charge is 0.265 e. The Bertz CT molecular complexity index is 1760. The predicted molar refractivity (Wildman–Crippen MR) is 168 cm³/mol. The second kappa shape index (κ2) is 12.0. The highest BCUT2D eigenvalue weighted by molar-refractivity contribution is 6.30. The van der Waals surface area contributed by atoms with E-state index in [2.05, 4.69) is 28.7 Å². The number of nitrogens with two attached hydrogens (primary N) is 1. The number of hydrogen-bond acceptors (Lipinski definition) is 9. The van der Waals surface area contributed by atoms with E-state index in [1.807, 2.05) is 22.9 Å². The largest absolute Gasteiger partial charge is 0.482 e. The summed E-state index contributed by atoms with van der Waals surface area (Å²) in [5.74, 6) is 0.441. The van der Waals surface area contributed by atoms with E-state index in [1.54, 1.807) is 11.1 Å². The van der Waals surface area contributed by atoms with Crippen LogP contribution < -0.4 is 15.4 Å². The van der Waals surface area contributed by atoms with Crippen LogP contribution in [-0.4, -0.2) is 80.4 Å². The number of aromatic nitrogens is 5. The number of carbonyl (C=O) groups excluding carboxylic acids is 2. The van der Waals surface area contributed by atoms with Gasteiger partial charge in [0.25, 0.3) is 11.8 Å². The number of nitrogens with zero attached hydrogens (tertiary/aromatic N) is 7. The normalized spacial score (nSPS) is 17.9. The monoisotopic (exact) mass is 630 g/mol. The molecule has 234 valence electrons. The van der Waals surface area contributed by atoms with Gasteiger partial charge in [-0.2, -0.15) is 5.10 Å². The lowest BCUT2D eigenvalue weighted by atomic mass is 9.92. The van der Waals surface area contributed by atoms with Crippen LogP contribution in [0.2, 0.25) is 5.02 Å². The van der Waals surface area contributed by atoms with Crippen molar-refractivity contribution in [2.24, 2.45) is 11.7 Å². The second-order valence-corrected chi connectivity index (χ2v) is 12.8. The van der Waals surface area contributed by atoms with Crippen LogP contribution in [0, 0.1) is 5.92 Å². The van der Waals surface area contributed by atoms with Crippen molar-refractivity contribution in [3.63, 3.8) is 0 Å². The van der Waals surface area contributed by atoms with Gasteiger partial charge in [-0.3, -0.25) is 19.4 Å². The third kappa shape index (κ3) is 5.62. The van der Waals surface area contributed by atoms with Gasteiger partial charge in [-0.25, -0.2) is 19.6 Å². The van der Waals surface area contributed by atoms with Gasteiger partial charge < -0.3 is 15.2 Å². The highest BCUT2D eigenvalue weighted by atomic mass is 35.5. The summed E-state index contributed by atoms with van der Waals surface area (Å²) < 4.78 is 13.4. The van der Waals surface area contributed by atoms with Crippen LogP contribution in [0.3, 0.4) is 0 Å². The van der Waals surface area contributed by atoms with Crippen LogP contribution >= 0.6 is 11.6 Å². The fraction of sp³-hybridized carbons (Fsp3) is 0.438. The average Bonchev–Trinajstić information content (AvgIpc) is 3.41. The number of hydrogen-bond donors (Lipinski definition) is 1. The zero-order valence-corrected chi connectivity index (χ0v) is 26.0. The first-order valence-electron chi connectivity index (χ1n) is 15.3. The summed E-state index contributed by atoms with van der Waals surface area (Å²) in [7, 11) is 0. The lowest BCUT2D eigenvalue weighted by Gasteiger charge is -2.41. The molecule has 3 aliphatic heterocycles. The van der Waals surface area contributed by atoms with Crippen molar-refractivity contribution in [2.45, 2.75) is 51.7 Å². The summed E-state index contributed by atoms with van der Waals surface area (Å²) >= 11 is 5.95. The second-order valence-electron chi connectivity index (χ2n) is 12.3. The Morgan fingerprint density at radius 1 is 1.11 bits per heavy atom. The minimum absolute atomic E-state index is 0.138. The standard InChI is InChI=1S/C32H35ClN8O4/c1-18(2)9-24-30(31(34)43)29(23-13-37-41(32(23)38-24)21-5-7-39(8-6-21)22-15-44-16-22)19-3-4-25-26(10-19)45-17-28(42)40(25)14-27-35-11-20(33)12-36-27/h3-4,10-13,18,21-22H,5-9,14-17H2,1-2H3,(H2,34,43). The number of likely N-dealkylation sites (tertiary alicyclic amines) is 1. The Morgan fingerprint density at radius 3 is 2.53 bits per heavy atom. The Labute approximate surface area is 265 Å². The highest BCUT2D eigenvalue weighted by Gasteiger charge is 2.33. The molecule has 2 amide bonds. The molecule has 3 aliphatic rings. The van der Waals surface area contributed by atoms with E-state index in [4.69, 9.17) is 36.9 Å². The molecule has 0 radical (unpaired) electrons. The number of amides is 2. The summed E-state index contributed by atoms with van der Waals surface area (Å²) in [4.78, 5) is 43.7. The van der Waals surface area contributed by atoms with Crippen LogP contribution in [-0.2, 0) is 22.5 Å². The average molecular weight is 631 g/mol. The fourth-order valence-electron chi connectivity index (χ4n) is 6.50. The first-order valence-corrected chi connectivity index (χ1v) is 15.7. The van der Waals surface area contributed by atoms with E-state index in [0.717, 1.165) is 55.7 Å². The molecule has 13 heteroatoms. The van der Waals surface area contributed by atoms with Gasteiger partial charge in [-0.15, -0.1) is 0 Å². The van der Waals surface area contributed by atoms with Gasteiger partial charge in [-0.05, 0) is 42.9 Å². The number of primary amides is 1. The third-order valence-corrected chi connectivity index (χ3v) is 9.01. The number of rotatable bonds is 8. The maximum Gasteiger partial charge on any atom is 0.265 e. The molecule has 0 saturated carbocycles. The van der Waals surface area contributed by atoms with E-state index in [9.17, 15) is 9.59 Å². The number of pyridine rings is 1. The van der Waals surface area contributed by atoms with Crippen LogP contribution in [0.25, 0.3) is 22.2 Å². The molecular weight excluding hydrogens is 596 g/mol. The Kier molecular flexibility index (Phi) is 7.88. The summed E-state index contributed by atoms with van der Waals surface area (Å²) in [5, 5.41) is 6.01. The molecule has 0 aliphatic carbocycles. The van der Waals surface area contributed by atoms with E-state index in [1.165, 1.54) is 12.4 Å². The van der Waals surface area contributed by atoms with Gasteiger partial charge in [0.15, 0.2) is 12.3 Å². The molecular formula is C32H35ClN8O4. The quantitative estimate of drug-likeness (QED) is 0.308. The molecule has 2 N–H and O–H groups in total. The van der Waals surface area contributed by atoms with Gasteiger partial charge in [0.1, 0.15) is 11.6 Å². The molecule has 7 rings (SSSR count). The van der Waals surface area contributed by atoms with E-state index in [-0.39, 0.29) is 31.0 Å². The molecule has 6 heterocycles. The summed E-state index contributed by atoms with van der Waals surface area (Å²) in [6.45, 7) is 7.77. The minimum atomic E-state index is -0.547. The third-order valence-electron chi connectivity index (χ3n) is 8.81. The maximum absolute atomic E-state index is 13.1. The van der Waals surface area contributed by atoms with Crippen molar-refractivity contribution in [2.75, 3.05) is 37.8 Å². The Hall–Kier alpha value is -4.13. The maximum atomic E-state index is 13.1. The number of halogens is 1. The number of piperidine rings is 1. The Morgan fingerprint density at radius 2 is 1.87 bits per heavy atom. The number of carbonyl (C=O) groups is 2. The van der Waals surface area contributed by atoms with E-state index in [0.29, 0.717) is 51.6 Å². The van der Waals surface area contributed by atoms with Crippen molar-refractivity contribution < 1.29 is 19.1 Å². The zero-order valence-electron chi connectivity index (χ0n) is 25.3. The van der Waals surface area contributed by atoms with Gasteiger partial charge in [0, 0.05) is 36.4 Å². The van der Waals surface area contributed by atoms with E-state index < -0.39 is 5.91 Å². The molecule has 45 heavy (non-hydrogen) atoms. The molecule has 0 unspecified atom stereocenters. The van der Waals surface area contributed by atoms with E-state index >= 15 is 0 Å². The van der Waals surface area contributed by atoms with Gasteiger partial charge in [-0.1, -0.05) is 31.5 Å². The topological polar surface area (TPSA) is 142 Å². The molecule has 1 aromatic carbocycles. The van der Waals surface area contributed by atoms with Crippen LogP contribution in [0.5, 0.6) is 5.75 Å². The number of anilines is 1. The number of fused-ring (bicyclic) bond motifs is 2. The van der Waals surface area contributed by atoms with Crippen LogP contribution in [0.1, 0.15) is 54.6 Å². The summed E-state index contributed by atoms with van der Waals surface area (Å²) in [6, 6.07) is 6.26. The number of ether oxygens (including phenoxy) is 2.